The highest BCUT2D eigenvalue weighted by molar-refractivity contribution is 5.94. The van der Waals surface area contributed by atoms with Crippen molar-refractivity contribution in [1.29, 1.82) is 0 Å². The molecule has 0 atom stereocenters. The largest absolute Gasteiger partial charge is 0.497 e. The van der Waals surface area contributed by atoms with Gasteiger partial charge in [0, 0.05) is 5.39 Å². The quantitative estimate of drug-likeness (QED) is 0.709. The number of para-hydroxylation sites is 1. The number of nitrogens with zero attached hydrogens (tertiary/aromatic N) is 1. The third-order valence-corrected chi connectivity index (χ3v) is 3.55. The molecule has 2 aromatic carbocycles. The highest BCUT2D eigenvalue weighted by atomic mass is 16.5. The molecule has 3 aromatic rings. The summed E-state index contributed by atoms with van der Waals surface area (Å²) < 4.78 is 10.7. The van der Waals surface area contributed by atoms with Gasteiger partial charge in [0.25, 0.3) is 5.91 Å². The Bertz CT molecular complexity index is 831. The van der Waals surface area contributed by atoms with Crippen LogP contribution in [0.2, 0.25) is 0 Å². The Balaban J connectivity index is 1.51. The molecule has 24 heavy (non-hydrogen) atoms. The van der Waals surface area contributed by atoms with E-state index in [0.29, 0.717) is 18.8 Å². The van der Waals surface area contributed by atoms with E-state index in [9.17, 15) is 4.79 Å². The van der Waals surface area contributed by atoms with Crippen molar-refractivity contribution in [3.05, 3.63) is 66.4 Å². The number of pyridine rings is 1. The summed E-state index contributed by atoms with van der Waals surface area (Å²) in [7, 11) is 1.62. The number of ether oxygens (including phenoxy) is 2. The molecule has 0 radical (unpaired) electrons. The van der Waals surface area contributed by atoms with Crippen molar-refractivity contribution in [3.8, 4) is 11.5 Å². The highest BCUT2D eigenvalue weighted by Gasteiger charge is 2.07. The summed E-state index contributed by atoms with van der Waals surface area (Å²) in [5.74, 6) is 1.30. The SMILES string of the molecule is COc1ccc(OCCNC(=O)c2ccc3ccccc3n2)cc1. The van der Waals surface area contributed by atoms with Crippen molar-refractivity contribution in [2.75, 3.05) is 20.3 Å². The maximum Gasteiger partial charge on any atom is 0.270 e. The van der Waals surface area contributed by atoms with Gasteiger partial charge in [0.2, 0.25) is 0 Å². The monoisotopic (exact) mass is 322 g/mol. The molecule has 1 aromatic heterocycles. The van der Waals surface area contributed by atoms with Crippen molar-refractivity contribution in [2.24, 2.45) is 0 Å². The molecule has 1 amide bonds. The van der Waals surface area contributed by atoms with Gasteiger partial charge in [-0.3, -0.25) is 4.79 Å². The second-order valence-corrected chi connectivity index (χ2v) is 5.17. The maximum absolute atomic E-state index is 12.1. The summed E-state index contributed by atoms with van der Waals surface area (Å²) in [6.45, 7) is 0.783. The number of hydrogen-bond acceptors (Lipinski definition) is 4. The fraction of sp³-hybridized carbons (Fsp3) is 0.158. The number of nitrogens with one attached hydrogen (secondary N) is 1. The third kappa shape index (κ3) is 3.81. The predicted octanol–water partition coefficient (Wildman–Crippen LogP) is 3.05. The van der Waals surface area contributed by atoms with Gasteiger partial charge in [0.15, 0.2) is 0 Å². The number of rotatable bonds is 6. The standard InChI is InChI=1S/C19H18N2O3/c1-23-15-7-9-16(10-8-15)24-13-12-20-19(22)18-11-6-14-4-2-3-5-17(14)21-18/h2-11H,12-13H2,1H3,(H,20,22). The lowest BCUT2D eigenvalue weighted by Gasteiger charge is -2.08. The minimum absolute atomic E-state index is 0.209. The lowest BCUT2D eigenvalue weighted by Crippen LogP contribution is -2.28. The summed E-state index contributed by atoms with van der Waals surface area (Å²) in [5, 5.41) is 3.82. The van der Waals surface area contributed by atoms with Crippen LogP contribution < -0.4 is 14.8 Å². The predicted molar refractivity (Wildman–Crippen MR) is 92.6 cm³/mol. The minimum Gasteiger partial charge on any atom is -0.497 e. The molecule has 0 spiro atoms. The molecule has 1 heterocycles. The molecule has 0 aliphatic carbocycles. The molecule has 5 nitrogen and oxygen atoms in total. The number of carbonyl (C=O) groups excluding carboxylic acids is 1. The zero-order valence-corrected chi connectivity index (χ0v) is 13.4. The Hall–Kier alpha value is -3.08. The van der Waals surface area contributed by atoms with E-state index in [0.717, 1.165) is 22.4 Å². The lowest BCUT2D eigenvalue weighted by atomic mass is 10.2. The summed E-state index contributed by atoms with van der Waals surface area (Å²) in [4.78, 5) is 16.5. The van der Waals surface area contributed by atoms with Crippen molar-refractivity contribution < 1.29 is 14.3 Å². The summed E-state index contributed by atoms with van der Waals surface area (Å²) in [6, 6.07) is 18.6. The first-order chi connectivity index (χ1) is 11.8. The van der Waals surface area contributed by atoms with Gasteiger partial charge in [-0.1, -0.05) is 24.3 Å². The van der Waals surface area contributed by atoms with Crippen LogP contribution in [0, 0.1) is 0 Å². The smallest absolute Gasteiger partial charge is 0.270 e. The van der Waals surface area contributed by atoms with Crippen LogP contribution in [-0.2, 0) is 0 Å². The third-order valence-electron chi connectivity index (χ3n) is 3.55. The first-order valence-electron chi connectivity index (χ1n) is 7.67. The Morgan fingerprint density at radius 2 is 1.75 bits per heavy atom. The zero-order valence-electron chi connectivity index (χ0n) is 13.4. The second-order valence-electron chi connectivity index (χ2n) is 5.17. The molecule has 0 aliphatic heterocycles. The average molecular weight is 322 g/mol. The van der Waals surface area contributed by atoms with Crippen LogP contribution in [0.1, 0.15) is 10.5 Å². The van der Waals surface area contributed by atoms with Gasteiger partial charge >= 0.3 is 0 Å². The maximum atomic E-state index is 12.1. The topological polar surface area (TPSA) is 60.5 Å². The van der Waals surface area contributed by atoms with Crippen LogP contribution in [0.4, 0.5) is 0 Å². The Morgan fingerprint density at radius 3 is 2.54 bits per heavy atom. The van der Waals surface area contributed by atoms with E-state index in [1.165, 1.54) is 0 Å². The van der Waals surface area contributed by atoms with Gasteiger partial charge in [0.1, 0.15) is 23.8 Å². The molecule has 1 N–H and O–H groups in total. The fourth-order valence-electron chi connectivity index (χ4n) is 2.29. The molecule has 0 unspecified atom stereocenters. The Labute approximate surface area is 140 Å². The van der Waals surface area contributed by atoms with Crippen molar-refractivity contribution in [2.45, 2.75) is 0 Å². The van der Waals surface area contributed by atoms with Crippen LogP contribution in [0.25, 0.3) is 10.9 Å². The number of hydrogen-bond donors (Lipinski definition) is 1. The number of methoxy groups -OCH3 is 1. The van der Waals surface area contributed by atoms with Gasteiger partial charge in [-0.05, 0) is 36.4 Å². The Morgan fingerprint density at radius 1 is 1.00 bits per heavy atom. The van der Waals surface area contributed by atoms with Gasteiger partial charge in [0.05, 0.1) is 19.2 Å². The molecule has 0 saturated heterocycles. The van der Waals surface area contributed by atoms with E-state index < -0.39 is 0 Å². The Kier molecular flexibility index (Phi) is 4.91. The molecule has 122 valence electrons. The van der Waals surface area contributed by atoms with E-state index in [-0.39, 0.29) is 5.91 Å². The zero-order chi connectivity index (χ0) is 16.8. The van der Waals surface area contributed by atoms with Gasteiger partial charge in [-0.2, -0.15) is 0 Å². The first kappa shape index (κ1) is 15.8. The normalized spacial score (nSPS) is 10.4. The number of amides is 1. The van der Waals surface area contributed by atoms with E-state index >= 15 is 0 Å². The summed E-state index contributed by atoms with van der Waals surface area (Å²) in [5.41, 5.74) is 1.21. The molecule has 3 rings (SSSR count). The lowest BCUT2D eigenvalue weighted by molar-refractivity contribution is 0.0942. The molecular formula is C19H18N2O3. The van der Waals surface area contributed by atoms with Crippen LogP contribution >= 0.6 is 0 Å². The van der Waals surface area contributed by atoms with Gasteiger partial charge in [-0.15, -0.1) is 0 Å². The molecular weight excluding hydrogens is 304 g/mol. The van der Waals surface area contributed by atoms with E-state index in [4.69, 9.17) is 9.47 Å². The van der Waals surface area contributed by atoms with Crippen molar-refractivity contribution in [3.63, 3.8) is 0 Å². The minimum atomic E-state index is -0.209. The van der Waals surface area contributed by atoms with Crippen LogP contribution in [0.5, 0.6) is 11.5 Å². The summed E-state index contributed by atoms with van der Waals surface area (Å²) >= 11 is 0. The molecule has 0 fully saturated rings. The van der Waals surface area contributed by atoms with Gasteiger partial charge < -0.3 is 14.8 Å². The number of benzene rings is 2. The number of carbonyl (C=O) groups is 1. The van der Waals surface area contributed by atoms with E-state index in [2.05, 4.69) is 10.3 Å². The highest BCUT2D eigenvalue weighted by Crippen LogP contribution is 2.16. The van der Waals surface area contributed by atoms with Crippen molar-refractivity contribution >= 4 is 16.8 Å². The van der Waals surface area contributed by atoms with Gasteiger partial charge in [-0.25, -0.2) is 4.98 Å². The average Bonchev–Trinajstić information content (AvgIpc) is 2.65. The molecule has 0 aliphatic rings. The van der Waals surface area contributed by atoms with Crippen molar-refractivity contribution in [1.82, 2.24) is 10.3 Å². The second kappa shape index (κ2) is 7.46. The van der Waals surface area contributed by atoms with Crippen LogP contribution in [0.15, 0.2) is 60.7 Å². The van der Waals surface area contributed by atoms with E-state index in [1.54, 1.807) is 13.2 Å². The van der Waals surface area contributed by atoms with Crippen LogP contribution in [-0.4, -0.2) is 31.2 Å². The molecule has 5 heteroatoms. The number of fused-ring (bicyclic) bond motifs is 1. The fourth-order valence-corrected chi connectivity index (χ4v) is 2.29. The first-order valence-corrected chi connectivity index (χ1v) is 7.67. The molecule has 0 bridgehead atoms. The summed E-state index contributed by atoms with van der Waals surface area (Å²) in [6.07, 6.45) is 0. The molecule has 0 saturated carbocycles. The number of aromatic nitrogens is 1. The van der Waals surface area contributed by atoms with Crippen LogP contribution in [0.3, 0.4) is 0 Å². The van der Waals surface area contributed by atoms with E-state index in [1.807, 2.05) is 54.6 Å².